The fourth-order valence-electron chi connectivity index (χ4n) is 7.57. The van der Waals surface area contributed by atoms with Gasteiger partial charge in [-0.15, -0.1) is 0 Å². The Kier molecular flexibility index (Phi) is 5.00. The van der Waals surface area contributed by atoms with Crippen LogP contribution in [0.2, 0.25) is 0 Å². The Morgan fingerprint density at radius 2 is 1.71 bits per heavy atom. The van der Waals surface area contributed by atoms with Crippen LogP contribution in [-0.4, -0.2) is 53.1 Å². The monoisotopic (exact) mass is 396 g/mol. The topological polar surface area (TPSA) is 68.2 Å². The van der Waals surface area contributed by atoms with Gasteiger partial charge in [-0.25, -0.2) is 0 Å². The van der Waals surface area contributed by atoms with Crippen LogP contribution >= 0.6 is 0 Å². The lowest BCUT2D eigenvalue weighted by Gasteiger charge is -2.67. The highest BCUT2D eigenvalue weighted by molar-refractivity contribution is 5.18. The summed E-state index contributed by atoms with van der Waals surface area (Å²) in [5.41, 5.74) is -0.820. The summed E-state index contributed by atoms with van der Waals surface area (Å²) in [5, 5.41) is 19.7. The summed E-state index contributed by atoms with van der Waals surface area (Å²) >= 11 is 0. The van der Waals surface area contributed by atoms with Crippen LogP contribution in [-0.2, 0) is 14.2 Å². The second-order valence-corrected chi connectivity index (χ2v) is 11.1. The predicted octanol–water partition coefficient (Wildman–Crippen LogP) is 3.65. The van der Waals surface area contributed by atoms with Crippen molar-refractivity contribution >= 4 is 0 Å². The minimum absolute atomic E-state index is 0.0108. The Labute approximate surface area is 170 Å². The Bertz CT molecular complexity index is 608. The van der Waals surface area contributed by atoms with Crippen molar-refractivity contribution in [3.8, 4) is 0 Å². The quantitative estimate of drug-likeness (QED) is 0.762. The molecule has 2 saturated heterocycles. The van der Waals surface area contributed by atoms with E-state index in [4.69, 9.17) is 14.2 Å². The zero-order valence-corrected chi connectivity index (χ0v) is 18.4. The third kappa shape index (κ3) is 2.76. The molecule has 5 heteroatoms. The number of aliphatic hydroxyl groups is 2. The van der Waals surface area contributed by atoms with Gasteiger partial charge in [-0.2, -0.15) is 0 Å². The molecule has 0 bridgehead atoms. The normalized spacial score (nSPS) is 53.0. The van der Waals surface area contributed by atoms with Gasteiger partial charge in [-0.3, -0.25) is 0 Å². The third-order valence-corrected chi connectivity index (χ3v) is 9.24. The molecule has 2 aliphatic heterocycles. The van der Waals surface area contributed by atoms with Crippen molar-refractivity contribution in [2.75, 3.05) is 19.8 Å². The van der Waals surface area contributed by atoms with Gasteiger partial charge in [0, 0.05) is 23.9 Å². The minimum Gasteiger partial charge on any atom is -0.396 e. The van der Waals surface area contributed by atoms with Crippen molar-refractivity contribution in [3.63, 3.8) is 0 Å². The summed E-state index contributed by atoms with van der Waals surface area (Å²) < 4.78 is 19.5. The number of hydrogen-bond acceptors (Lipinski definition) is 5. The molecule has 0 amide bonds. The zero-order chi connectivity index (χ0) is 20.4. The highest BCUT2D eigenvalue weighted by atomic mass is 16.7. The van der Waals surface area contributed by atoms with E-state index in [0.29, 0.717) is 18.3 Å². The number of aliphatic hydroxyl groups excluding tert-OH is 2. The molecule has 7 atom stereocenters. The predicted molar refractivity (Wildman–Crippen MR) is 107 cm³/mol. The van der Waals surface area contributed by atoms with Gasteiger partial charge in [0.05, 0.1) is 30.5 Å². The van der Waals surface area contributed by atoms with Gasteiger partial charge in [0.15, 0.2) is 5.79 Å². The van der Waals surface area contributed by atoms with Gasteiger partial charge in [0.1, 0.15) is 0 Å². The fourth-order valence-corrected chi connectivity index (χ4v) is 7.57. The smallest absolute Gasteiger partial charge is 0.163 e. The Balaban J connectivity index is 1.70. The Hall–Kier alpha value is -0.200. The molecular weight excluding hydrogens is 356 g/mol. The number of fused-ring (bicyclic) bond motifs is 4. The average molecular weight is 397 g/mol. The fraction of sp³-hybridized carbons (Fsp3) is 1.00. The lowest BCUT2D eigenvalue weighted by molar-refractivity contribution is -0.359. The Morgan fingerprint density at radius 1 is 0.964 bits per heavy atom. The first kappa shape index (κ1) is 21.0. The van der Waals surface area contributed by atoms with Gasteiger partial charge in [0.25, 0.3) is 0 Å². The molecule has 4 aliphatic rings. The molecular formula is C23H40O5. The van der Waals surface area contributed by atoms with Crippen molar-refractivity contribution in [2.45, 2.75) is 103 Å². The van der Waals surface area contributed by atoms with Crippen LogP contribution in [0.3, 0.4) is 0 Å². The highest BCUT2D eigenvalue weighted by Crippen LogP contribution is 2.69. The standard InChI is InChI=1S/C23H40O5/c1-16-6-7-17-20(4)15-26-19(2,3)27-18(20)8-9-21(17,5)23(16)11-10-22(14-25,28-23)12-13-24/h16-18,24-25H,6-15H2,1-5H3/t16-,17-,18-,20-,21-,22+,23-/m0/s1. The molecule has 0 unspecified atom stereocenters. The van der Waals surface area contributed by atoms with E-state index in [9.17, 15) is 10.2 Å². The van der Waals surface area contributed by atoms with Gasteiger partial charge >= 0.3 is 0 Å². The lowest BCUT2D eigenvalue weighted by atomic mass is 9.43. The number of hydrogen-bond donors (Lipinski definition) is 2. The number of rotatable bonds is 3. The maximum atomic E-state index is 10.1. The molecule has 28 heavy (non-hydrogen) atoms. The molecule has 0 radical (unpaired) electrons. The van der Waals surface area contributed by atoms with Crippen LogP contribution in [0.15, 0.2) is 0 Å². The van der Waals surface area contributed by atoms with Crippen molar-refractivity contribution in [1.29, 1.82) is 0 Å². The molecule has 2 saturated carbocycles. The van der Waals surface area contributed by atoms with E-state index in [0.717, 1.165) is 38.7 Å². The van der Waals surface area contributed by atoms with Gasteiger partial charge < -0.3 is 24.4 Å². The maximum absolute atomic E-state index is 10.1. The summed E-state index contributed by atoms with van der Waals surface area (Å²) in [7, 11) is 0. The Morgan fingerprint density at radius 3 is 2.39 bits per heavy atom. The van der Waals surface area contributed by atoms with Gasteiger partial charge in [0.2, 0.25) is 0 Å². The van der Waals surface area contributed by atoms with Gasteiger partial charge in [-0.1, -0.05) is 20.8 Å². The van der Waals surface area contributed by atoms with Crippen molar-refractivity contribution in [2.24, 2.45) is 22.7 Å². The minimum atomic E-state index is -0.590. The van der Waals surface area contributed by atoms with Crippen LogP contribution in [0.25, 0.3) is 0 Å². The average Bonchev–Trinajstić information content (AvgIpc) is 3.03. The first-order valence-corrected chi connectivity index (χ1v) is 11.3. The van der Waals surface area contributed by atoms with Gasteiger partial charge in [-0.05, 0) is 64.2 Å². The first-order valence-electron chi connectivity index (χ1n) is 11.3. The molecule has 2 N–H and O–H groups in total. The molecule has 1 spiro atoms. The molecule has 162 valence electrons. The van der Waals surface area contributed by atoms with E-state index in [1.54, 1.807) is 0 Å². The SMILES string of the molecule is C[C@H]1CC[C@H]2[C@]3(C)COC(C)(C)O[C@H]3CC[C@]2(C)[C@]12CC[C@](CO)(CCO)O2. The van der Waals surface area contributed by atoms with Crippen LogP contribution in [0, 0.1) is 22.7 Å². The van der Waals surface area contributed by atoms with E-state index < -0.39 is 11.4 Å². The van der Waals surface area contributed by atoms with Crippen LogP contribution in [0.5, 0.6) is 0 Å². The molecule has 0 aromatic heterocycles. The summed E-state index contributed by atoms with van der Waals surface area (Å²) in [6.45, 7) is 12.0. The maximum Gasteiger partial charge on any atom is 0.163 e. The molecule has 0 aromatic carbocycles. The second kappa shape index (κ2) is 6.65. The summed E-state index contributed by atoms with van der Waals surface area (Å²) in [6, 6.07) is 0. The van der Waals surface area contributed by atoms with Crippen LogP contribution in [0.4, 0.5) is 0 Å². The van der Waals surface area contributed by atoms with Crippen LogP contribution in [0.1, 0.15) is 79.6 Å². The molecule has 5 nitrogen and oxygen atoms in total. The molecule has 0 aromatic rings. The number of ether oxygens (including phenoxy) is 3. The molecule has 2 aliphatic carbocycles. The zero-order valence-electron chi connectivity index (χ0n) is 18.4. The van der Waals surface area contributed by atoms with Crippen molar-refractivity contribution in [1.82, 2.24) is 0 Å². The van der Waals surface area contributed by atoms with E-state index in [1.165, 1.54) is 6.42 Å². The molecule has 4 fully saturated rings. The van der Waals surface area contributed by atoms with Crippen molar-refractivity contribution in [3.05, 3.63) is 0 Å². The lowest BCUT2D eigenvalue weighted by Crippen LogP contribution is -2.69. The summed E-state index contributed by atoms with van der Waals surface area (Å²) in [5.74, 6) is 0.409. The van der Waals surface area contributed by atoms with E-state index in [2.05, 4.69) is 20.8 Å². The highest BCUT2D eigenvalue weighted by Gasteiger charge is 2.70. The third-order valence-electron chi connectivity index (χ3n) is 9.24. The summed E-state index contributed by atoms with van der Waals surface area (Å²) in [6.07, 6.45) is 6.95. The van der Waals surface area contributed by atoms with E-state index in [-0.39, 0.29) is 35.7 Å². The second-order valence-electron chi connectivity index (χ2n) is 11.1. The first-order chi connectivity index (χ1) is 13.1. The molecule has 4 rings (SSSR count). The van der Waals surface area contributed by atoms with E-state index in [1.807, 2.05) is 13.8 Å². The van der Waals surface area contributed by atoms with Crippen molar-refractivity contribution < 1.29 is 24.4 Å². The molecule has 2 heterocycles. The van der Waals surface area contributed by atoms with Crippen LogP contribution < -0.4 is 0 Å². The summed E-state index contributed by atoms with van der Waals surface area (Å²) in [4.78, 5) is 0. The largest absolute Gasteiger partial charge is 0.396 e. The van der Waals surface area contributed by atoms with E-state index >= 15 is 0 Å².